The fourth-order valence-electron chi connectivity index (χ4n) is 1.99. The standard InChI is InChI=1S/C10H15N/c1-8-4-3-5-9-6-10(8,2)11-7-9/h5,7-8H,3-4,6H2,1-2H3/t8-,10?/m0/s1. The van der Waals surface area contributed by atoms with Crippen LogP contribution in [0.5, 0.6) is 0 Å². The first kappa shape index (κ1) is 7.08. The third-order valence-corrected chi connectivity index (χ3v) is 3.16. The third kappa shape index (κ3) is 1.03. The molecule has 0 N–H and O–H groups in total. The van der Waals surface area contributed by atoms with Crippen LogP contribution in [0.2, 0.25) is 0 Å². The molecule has 0 aromatic heterocycles. The van der Waals surface area contributed by atoms with Crippen molar-refractivity contribution in [3.05, 3.63) is 11.6 Å². The highest BCUT2D eigenvalue weighted by Gasteiger charge is 2.35. The average molecular weight is 149 g/mol. The molecule has 0 aromatic carbocycles. The fraction of sp³-hybridized carbons (Fsp3) is 0.700. The van der Waals surface area contributed by atoms with Gasteiger partial charge in [-0.3, -0.25) is 4.99 Å². The Kier molecular flexibility index (Phi) is 1.41. The molecule has 1 aliphatic heterocycles. The number of hydrogen-bond acceptors (Lipinski definition) is 1. The van der Waals surface area contributed by atoms with E-state index < -0.39 is 0 Å². The Bertz CT molecular complexity index is 227. The first-order chi connectivity index (χ1) is 5.21. The lowest BCUT2D eigenvalue weighted by molar-refractivity contribution is 0.321. The molecule has 1 heteroatoms. The monoisotopic (exact) mass is 149 g/mol. The minimum absolute atomic E-state index is 0.238. The second-order valence-electron chi connectivity index (χ2n) is 4.05. The Labute approximate surface area is 68.2 Å². The molecule has 2 aliphatic rings. The predicted molar refractivity (Wildman–Crippen MR) is 48.0 cm³/mol. The minimum atomic E-state index is 0.238. The summed E-state index contributed by atoms with van der Waals surface area (Å²) in [5, 5.41) is 0. The van der Waals surface area contributed by atoms with Gasteiger partial charge >= 0.3 is 0 Å². The summed E-state index contributed by atoms with van der Waals surface area (Å²) in [6.45, 7) is 4.60. The molecule has 0 aromatic rings. The van der Waals surface area contributed by atoms with E-state index in [-0.39, 0.29) is 5.54 Å². The molecule has 0 saturated carbocycles. The van der Waals surface area contributed by atoms with Crippen LogP contribution in [-0.4, -0.2) is 11.8 Å². The van der Waals surface area contributed by atoms with Crippen LogP contribution in [0, 0.1) is 5.92 Å². The highest BCUT2D eigenvalue weighted by atomic mass is 14.9. The molecule has 0 saturated heterocycles. The van der Waals surface area contributed by atoms with Gasteiger partial charge in [0.05, 0.1) is 5.54 Å². The molecule has 0 amide bonds. The average Bonchev–Trinajstić information content (AvgIpc) is 2.26. The zero-order valence-corrected chi connectivity index (χ0v) is 7.30. The summed E-state index contributed by atoms with van der Waals surface area (Å²) >= 11 is 0. The summed E-state index contributed by atoms with van der Waals surface area (Å²) < 4.78 is 0. The minimum Gasteiger partial charge on any atom is -0.286 e. The van der Waals surface area contributed by atoms with Gasteiger partial charge in [-0.2, -0.15) is 0 Å². The van der Waals surface area contributed by atoms with Gasteiger partial charge in [0, 0.05) is 6.21 Å². The van der Waals surface area contributed by atoms with E-state index in [1.165, 1.54) is 24.8 Å². The lowest BCUT2D eigenvalue weighted by atomic mass is 9.84. The van der Waals surface area contributed by atoms with Crippen molar-refractivity contribution < 1.29 is 0 Å². The summed E-state index contributed by atoms with van der Waals surface area (Å²) in [4.78, 5) is 4.58. The molecule has 1 aliphatic carbocycles. The van der Waals surface area contributed by atoms with Gasteiger partial charge in [-0.1, -0.05) is 13.0 Å². The third-order valence-electron chi connectivity index (χ3n) is 3.16. The van der Waals surface area contributed by atoms with Gasteiger partial charge < -0.3 is 0 Å². The van der Waals surface area contributed by atoms with E-state index in [0.29, 0.717) is 0 Å². The summed E-state index contributed by atoms with van der Waals surface area (Å²) in [6, 6.07) is 0. The Hall–Kier alpha value is -0.590. The van der Waals surface area contributed by atoms with Crippen molar-refractivity contribution in [3.63, 3.8) is 0 Å². The Morgan fingerprint density at radius 1 is 1.64 bits per heavy atom. The fourth-order valence-corrected chi connectivity index (χ4v) is 1.99. The van der Waals surface area contributed by atoms with E-state index in [1.807, 2.05) is 0 Å². The summed E-state index contributed by atoms with van der Waals surface area (Å²) in [5.41, 5.74) is 1.69. The summed E-state index contributed by atoms with van der Waals surface area (Å²) in [7, 11) is 0. The molecule has 60 valence electrons. The van der Waals surface area contributed by atoms with E-state index >= 15 is 0 Å². The van der Waals surface area contributed by atoms with Crippen LogP contribution in [0.1, 0.15) is 33.1 Å². The molecule has 2 atom stereocenters. The predicted octanol–water partition coefficient (Wildman–Crippen LogP) is 2.58. The first-order valence-electron chi connectivity index (χ1n) is 4.45. The molecular formula is C10H15N. The maximum Gasteiger partial charge on any atom is 0.0646 e. The molecule has 1 heterocycles. The number of hydrogen-bond donors (Lipinski definition) is 0. The maximum atomic E-state index is 4.58. The molecule has 2 rings (SSSR count). The molecule has 11 heavy (non-hydrogen) atoms. The molecule has 0 spiro atoms. The van der Waals surface area contributed by atoms with Gasteiger partial charge in [-0.05, 0) is 37.7 Å². The Morgan fingerprint density at radius 2 is 2.45 bits per heavy atom. The van der Waals surface area contributed by atoms with Gasteiger partial charge in [0.25, 0.3) is 0 Å². The highest BCUT2D eigenvalue weighted by Crippen LogP contribution is 2.38. The largest absolute Gasteiger partial charge is 0.286 e. The SMILES string of the molecule is C[C@H]1CCC=C2C=NC1(C)C2. The van der Waals surface area contributed by atoms with Crippen molar-refractivity contribution in [1.82, 2.24) is 0 Å². The van der Waals surface area contributed by atoms with Gasteiger partial charge in [-0.25, -0.2) is 0 Å². The second kappa shape index (κ2) is 2.20. The Balaban J connectivity index is 2.34. The van der Waals surface area contributed by atoms with Crippen LogP contribution in [0.4, 0.5) is 0 Å². The van der Waals surface area contributed by atoms with Crippen LogP contribution in [-0.2, 0) is 0 Å². The molecule has 2 bridgehead atoms. The molecule has 0 fully saturated rings. The first-order valence-corrected chi connectivity index (χ1v) is 4.45. The smallest absolute Gasteiger partial charge is 0.0646 e. The van der Waals surface area contributed by atoms with Crippen molar-refractivity contribution in [3.8, 4) is 0 Å². The van der Waals surface area contributed by atoms with Crippen molar-refractivity contribution in [2.75, 3.05) is 0 Å². The van der Waals surface area contributed by atoms with Crippen LogP contribution < -0.4 is 0 Å². The van der Waals surface area contributed by atoms with Crippen LogP contribution in [0.3, 0.4) is 0 Å². The molecular weight excluding hydrogens is 134 g/mol. The van der Waals surface area contributed by atoms with E-state index in [0.717, 1.165) is 5.92 Å². The van der Waals surface area contributed by atoms with E-state index in [4.69, 9.17) is 0 Å². The number of aliphatic imine (C=N–C) groups is 1. The van der Waals surface area contributed by atoms with Gasteiger partial charge in [0.1, 0.15) is 0 Å². The van der Waals surface area contributed by atoms with Gasteiger partial charge in [0.15, 0.2) is 0 Å². The molecule has 0 radical (unpaired) electrons. The lowest BCUT2D eigenvalue weighted by Gasteiger charge is -2.26. The highest BCUT2D eigenvalue weighted by molar-refractivity contribution is 5.82. The summed E-state index contributed by atoms with van der Waals surface area (Å²) in [5.74, 6) is 0.745. The number of rotatable bonds is 0. The molecule has 1 nitrogen and oxygen atoms in total. The summed E-state index contributed by atoms with van der Waals surface area (Å²) in [6.07, 6.45) is 8.14. The van der Waals surface area contributed by atoms with E-state index in [9.17, 15) is 0 Å². The maximum absolute atomic E-state index is 4.58. The Morgan fingerprint density at radius 3 is 3.27 bits per heavy atom. The van der Waals surface area contributed by atoms with Gasteiger partial charge in [-0.15, -0.1) is 0 Å². The van der Waals surface area contributed by atoms with Crippen molar-refractivity contribution >= 4 is 6.21 Å². The number of allylic oxidation sites excluding steroid dienone is 1. The van der Waals surface area contributed by atoms with Crippen molar-refractivity contribution in [2.45, 2.75) is 38.6 Å². The van der Waals surface area contributed by atoms with Crippen LogP contribution in [0.25, 0.3) is 0 Å². The lowest BCUT2D eigenvalue weighted by Crippen LogP contribution is -2.27. The quantitative estimate of drug-likeness (QED) is 0.502. The zero-order valence-electron chi connectivity index (χ0n) is 7.30. The van der Waals surface area contributed by atoms with E-state index in [2.05, 4.69) is 31.1 Å². The van der Waals surface area contributed by atoms with Crippen molar-refractivity contribution in [2.24, 2.45) is 10.9 Å². The topological polar surface area (TPSA) is 12.4 Å². The van der Waals surface area contributed by atoms with Crippen LogP contribution >= 0.6 is 0 Å². The second-order valence-corrected chi connectivity index (χ2v) is 4.05. The van der Waals surface area contributed by atoms with E-state index in [1.54, 1.807) is 0 Å². The molecule has 1 unspecified atom stereocenters. The zero-order chi connectivity index (χ0) is 7.90. The number of fused-ring (bicyclic) bond motifs is 2. The van der Waals surface area contributed by atoms with Crippen molar-refractivity contribution in [1.29, 1.82) is 0 Å². The normalized spacial score (nSPS) is 42.0. The number of nitrogens with zero attached hydrogens (tertiary/aromatic N) is 1. The van der Waals surface area contributed by atoms with Gasteiger partial charge in [0.2, 0.25) is 0 Å². The van der Waals surface area contributed by atoms with Crippen LogP contribution in [0.15, 0.2) is 16.6 Å².